The molecular formula is C26H34O2. The molecule has 5 atom stereocenters. The fourth-order valence-electron chi connectivity index (χ4n) is 7.35. The number of ether oxygens (including phenoxy) is 1. The minimum atomic E-state index is -0.146. The second-order valence-electron chi connectivity index (χ2n) is 10.4. The van der Waals surface area contributed by atoms with Crippen molar-refractivity contribution in [1.29, 1.82) is 0 Å². The molecule has 3 fully saturated rings. The molecule has 0 N–H and O–H groups in total. The largest absolute Gasteiger partial charge is 0.459 e. The third kappa shape index (κ3) is 2.86. The summed E-state index contributed by atoms with van der Waals surface area (Å²) in [5, 5.41) is 0. The average Bonchev–Trinajstić information content (AvgIpc) is 3.11. The number of hydrogen-bond acceptors (Lipinski definition) is 2. The van der Waals surface area contributed by atoms with Gasteiger partial charge in [0.25, 0.3) is 0 Å². The van der Waals surface area contributed by atoms with E-state index in [4.69, 9.17) is 4.74 Å². The van der Waals surface area contributed by atoms with Crippen LogP contribution in [0.3, 0.4) is 0 Å². The van der Waals surface area contributed by atoms with Crippen molar-refractivity contribution in [2.45, 2.75) is 84.2 Å². The molecule has 1 aromatic rings. The lowest BCUT2D eigenvalue weighted by Gasteiger charge is -2.56. The monoisotopic (exact) mass is 378 g/mol. The molecule has 150 valence electrons. The van der Waals surface area contributed by atoms with Crippen LogP contribution in [0.4, 0.5) is 0 Å². The molecule has 0 aliphatic heterocycles. The molecule has 0 heterocycles. The van der Waals surface area contributed by atoms with Crippen LogP contribution < -0.4 is 0 Å². The molecule has 4 aliphatic carbocycles. The van der Waals surface area contributed by atoms with Gasteiger partial charge in [-0.05, 0) is 99.0 Å². The maximum Gasteiger partial charge on any atom is 0.338 e. The number of benzene rings is 1. The number of carbonyl (C=O) groups is 1. The van der Waals surface area contributed by atoms with E-state index in [1.165, 1.54) is 51.4 Å². The van der Waals surface area contributed by atoms with Crippen LogP contribution in [0.5, 0.6) is 0 Å². The Morgan fingerprint density at radius 2 is 1.82 bits per heavy atom. The summed E-state index contributed by atoms with van der Waals surface area (Å²) in [7, 11) is 0. The minimum absolute atomic E-state index is 0.0975. The number of hydrogen-bond donors (Lipinski definition) is 0. The Balaban J connectivity index is 1.32. The lowest BCUT2D eigenvalue weighted by atomic mass is 9.49. The Labute approximate surface area is 169 Å². The minimum Gasteiger partial charge on any atom is -0.459 e. The van der Waals surface area contributed by atoms with E-state index >= 15 is 0 Å². The first-order chi connectivity index (χ1) is 13.5. The van der Waals surface area contributed by atoms with Gasteiger partial charge in [0.1, 0.15) is 6.10 Å². The summed E-state index contributed by atoms with van der Waals surface area (Å²) in [5.74, 6) is 1.35. The highest BCUT2D eigenvalue weighted by Gasteiger charge is 2.53. The van der Waals surface area contributed by atoms with Crippen LogP contribution in [-0.2, 0) is 4.74 Å². The van der Waals surface area contributed by atoms with Crippen LogP contribution in [-0.4, -0.2) is 12.1 Å². The maximum atomic E-state index is 12.5. The first-order valence-electron chi connectivity index (χ1n) is 11.5. The van der Waals surface area contributed by atoms with Gasteiger partial charge in [0.15, 0.2) is 0 Å². The third-order valence-corrected chi connectivity index (χ3v) is 9.00. The Bertz CT molecular complexity index is 794. The van der Waals surface area contributed by atoms with Crippen molar-refractivity contribution < 1.29 is 9.53 Å². The Morgan fingerprint density at radius 3 is 2.64 bits per heavy atom. The summed E-state index contributed by atoms with van der Waals surface area (Å²) in [4.78, 5) is 12.5. The molecule has 3 saturated carbocycles. The zero-order valence-corrected chi connectivity index (χ0v) is 17.5. The predicted molar refractivity (Wildman–Crippen MR) is 112 cm³/mol. The average molecular weight is 379 g/mol. The molecule has 2 nitrogen and oxygen atoms in total. The number of esters is 1. The Kier molecular flexibility index (Phi) is 4.45. The molecule has 1 aromatic carbocycles. The van der Waals surface area contributed by atoms with Crippen molar-refractivity contribution in [3.8, 4) is 0 Å². The van der Waals surface area contributed by atoms with Gasteiger partial charge in [-0.2, -0.15) is 0 Å². The van der Waals surface area contributed by atoms with Crippen LogP contribution >= 0.6 is 0 Å². The lowest BCUT2D eigenvalue weighted by Crippen LogP contribution is -2.48. The summed E-state index contributed by atoms with van der Waals surface area (Å²) in [5.41, 5.74) is 5.35. The number of rotatable bonds is 2. The van der Waals surface area contributed by atoms with Crippen LogP contribution in [0.15, 0.2) is 41.5 Å². The summed E-state index contributed by atoms with van der Waals surface area (Å²) in [6.45, 7) is 5.10. The summed E-state index contributed by atoms with van der Waals surface area (Å²) in [6.07, 6.45) is 12.9. The first-order valence-corrected chi connectivity index (χ1v) is 11.5. The van der Waals surface area contributed by atoms with Crippen LogP contribution in [0.1, 0.15) is 88.4 Å². The molecule has 5 rings (SSSR count). The highest BCUT2D eigenvalue weighted by atomic mass is 16.5. The lowest BCUT2D eigenvalue weighted by molar-refractivity contribution is -0.0483. The highest BCUT2D eigenvalue weighted by molar-refractivity contribution is 5.89. The fraction of sp³-hybridized carbons (Fsp3) is 0.654. The maximum absolute atomic E-state index is 12.5. The quantitative estimate of drug-likeness (QED) is 0.422. The summed E-state index contributed by atoms with van der Waals surface area (Å²) < 4.78 is 5.94. The van der Waals surface area contributed by atoms with Gasteiger partial charge in [-0.1, -0.05) is 43.2 Å². The van der Waals surface area contributed by atoms with Gasteiger partial charge < -0.3 is 4.74 Å². The van der Waals surface area contributed by atoms with E-state index in [0.29, 0.717) is 22.3 Å². The van der Waals surface area contributed by atoms with E-state index in [1.807, 2.05) is 41.5 Å². The van der Waals surface area contributed by atoms with Gasteiger partial charge in [0.2, 0.25) is 0 Å². The van der Waals surface area contributed by atoms with Gasteiger partial charge in [0.05, 0.1) is 5.56 Å². The van der Waals surface area contributed by atoms with E-state index < -0.39 is 0 Å². The Morgan fingerprint density at radius 1 is 1.00 bits per heavy atom. The molecule has 0 saturated heterocycles. The molecule has 0 bridgehead atoms. The SMILES string of the molecule is CC12CCCC1=C1CCC3CC(OC(=O)c4ccccc4)CCC3(C)C1CC2. The van der Waals surface area contributed by atoms with E-state index in [-0.39, 0.29) is 12.1 Å². The smallest absolute Gasteiger partial charge is 0.338 e. The molecular weight excluding hydrogens is 344 g/mol. The second-order valence-corrected chi connectivity index (χ2v) is 10.4. The van der Waals surface area contributed by atoms with Crippen molar-refractivity contribution in [2.24, 2.45) is 22.7 Å². The van der Waals surface area contributed by atoms with Gasteiger partial charge in [-0.25, -0.2) is 4.79 Å². The fourth-order valence-corrected chi connectivity index (χ4v) is 7.35. The van der Waals surface area contributed by atoms with Gasteiger partial charge in [-0.15, -0.1) is 0 Å². The predicted octanol–water partition coefficient (Wildman–Crippen LogP) is 6.71. The zero-order chi connectivity index (χ0) is 19.4. The van der Waals surface area contributed by atoms with E-state index in [2.05, 4.69) is 13.8 Å². The van der Waals surface area contributed by atoms with Crippen LogP contribution in [0, 0.1) is 22.7 Å². The number of fused-ring (bicyclic) bond motifs is 4. The van der Waals surface area contributed by atoms with Crippen LogP contribution in [0.2, 0.25) is 0 Å². The molecule has 0 aromatic heterocycles. The Hall–Kier alpha value is -1.57. The normalized spacial score (nSPS) is 39.7. The van der Waals surface area contributed by atoms with E-state index in [0.717, 1.165) is 18.8 Å². The van der Waals surface area contributed by atoms with E-state index in [1.54, 1.807) is 0 Å². The highest BCUT2D eigenvalue weighted by Crippen LogP contribution is 2.63. The molecule has 5 unspecified atom stereocenters. The van der Waals surface area contributed by atoms with Gasteiger partial charge in [-0.3, -0.25) is 0 Å². The summed E-state index contributed by atoms with van der Waals surface area (Å²) >= 11 is 0. The standard InChI is InChI=1S/C26H34O2/c1-25-14-6-9-22(25)21-11-10-19-17-20(12-16-26(19,2)23(21)13-15-25)28-24(27)18-7-4-3-5-8-18/h3-5,7-8,19-20,23H,6,9-17H2,1-2H3. The van der Waals surface area contributed by atoms with Crippen molar-refractivity contribution in [3.05, 3.63) is 47.0 Å². The van der Waals surface area contributed by atoms with E-state index in [9.17, 15) is 4.79 Å². The van der Waals surface area contributed by atoms with Gasteiger partial charge in [0, 0.05) is 0 Å². The van der Waals surface area contributed by atoms with Gasteiger partial charge >= 0.3 is 5.97 Å². The molecule has 0 spiro atoms. The first kappa shape index (κ1) is 18.5. The molecule has 4 aliphatic rings. The van der Waals surface area contributed by atoms with Crippen molar-refractivity contribution >= 4 is 5.97 Å². The second kappa shape index (κ2) is 6.75. The molecule has 28 heavy (non-hydrogen) atoms. The zero-order valence-electron chi connectivity index (χ0n) is 17.5. The molecule has 0 radical (unpaired) electrons. The number of carbonyl (C=O) groups excluding carboxylic acids is 1. The number of allylic oxidation sites excluding steroid dienone is 2. The van der Waals surface area contributed by atoms with Crippen molar-refractivity contribution in [3.63, 3.8) is 0 Å². The summed E-state index contributed by atoms with van der Waals surface area (Å²) in [6, 6.07) is 9.47. The molecule has 0 amide bonds. The van der Waals surface area contributed by atoms with Crippen molar-refractivity contribution in [1.82, 2.24) is 0 Å². The topological polar surface area (TPSA) is 26.3 Å². The molecule has 2 heteroatoms. The third-order valence-electron chi connectivity index (χ3n) is 9.00. The van der Waals surface area contributed by atoms with Crippen molar-refractivity contribution in [2.75, 3.05) is 0 Å². The van der Waals surface area contributed by atoms with Crippen LogP contribution in [0.25, 0.3) is 0 Å².